The molecule has 0 aliphatic rings. The Hall–Kier alpha value is -1.68. The summed E-state index contributed by atoms with van der Waals surface area (Å²) in [5, 5.41) is 0.657. The van der Waals surface area contributed by atoms with E-state index in [1.54, 1.807) is 18.2 Å². The minimum absolute atomic E-state index is 0.174. The standard InChI is InChI=1S/C14H22N2O2/c1-5-8-14(9-6-2,10-7-3)11-13(18)16(15)12(4)17/h5-7H,1-3,8-11,15H2,4H3. The van der Waals surface area contributed by atoms with Crippen molar-refractivity contribution in [2.75, 3.05) is 0 Å². The van der Waals surface area contributed by atoms with Crippen molar-refractivity contribution in [3.8, 4) is 0 Å². The zero-order valence-corrected chi connectivity index (χ0v) is 11.0. The molecule has 0 aromatic heterocycles. The number of amides is 2. The molecule has 0 aliphatic heterocycles. The van der Waals surface area contributed by atoms with Gasteiger partial charge in [-0.15, -0.1) is 19.7 Å². The van der Waals surface area contributed by atoms with Gasteiger partial charge in [-0.3, -0.25) is 9.59 Å². The molecule has 100 valence electrons. The van der Waals surface area contributed by atoms with Gasteiger partial charge < -0.3 is 0 Å². The summed E-state index contributed by atoms with van der Waals surface area (Å²) < 4.78 is 0. The normalized spacial score (nSPS) is 10.6. The van der Waals surface area contributed by atoms with Gasteiger partial charge in [0, 0.05) is 13.3 Å². The van der Waals surface area contributed by atoms with Gasteiger partial charge in [0.2, 0.25) is 11.8 Å². The van der Waals surface area contributed by atoms with Crippen LogP contribution in [0, 0.1) is 5.41 Å². The first-order chi connectivity index (χ1) is 8.42. The Morgan fingerprint density at radius 3 is 1.78 bits per heavy atom. The maximum Gasteiger partial charge on any atom is 0.244 e. The van der Waals surface area contributed by atoms with Crippen LogP contribution in [-0.2, 0) is 9.59 Å². The number of rotatable bonds is 8. The van der Waals surface area contributed by atoms with E-state index in [4.69, 9.17) is 5.84 Å². The molecule has 0 fully saturated rings. The summed E-state index contributed by atoms with van der Waals surface area (Å²) in [7, 11) is 0. The Labute approximate surface area is 109 Å². The molecule has 0 bridgehead atoms. The second-order valence-corrected chi connectivity index (χ2v) is 4.44. The molecule has 0 saturated carbocycles. The molecule has 2 amide bonds. The molecular formula is C14H22N2O2. The summed E-state index contributed by atoms with van der Waals surface area (Å²) in [6.45, 7) is 12.4. The van der Waals surface area contributed by atoms with E-state index in [0.717, 1.165) is 0 Å². The van der Waals surface area contributed by atoms with Crippen molar-refractivity contribution in [2.24, 2.45) is 11.3 Å². The minimum Gasteiger partial charge on any atom is -0.273 e. The topological polar surface area (TPSA) is 63.4 Å². The van der Waals surface area contributed by atoms with Gasteiger partial charge in [0.25, 0.3) is 0 Å². The molecule has 0 spiro atoms. The summed E-state index contributed by atoms with van der Waals surface area (Å²) in [6.07, 6.45) is 7.37. The lowest BCUT2D eigenvalue weighted by Crippen LogP contribution is -2.43. The number of hydrazine groups is 1. The first-order valence-electron chi connectivity index (χ1n) is 5.83. The lowest BCUT2D eigenvalue weighted by Gasteiger charge is -2.31. The second kappa shape index (κ2) is 7.61. The number of hydrogen-bond acceptors (Lipinski definition) is 3. The fraction of sp³-hybridized carbons (Fsp3) is 0.429. The molecule has 0 radical (unpaired) electrons. The Balaban J connectivity index is 5.00. The molecule has 0 rings (SSSR count). The molecule has 4 heteroatoms. The summed E-state index contributed by atoms with van der Waals surface area (Å²) in [6, 6.07) is 0. The third-order valence-electron chi connectivity index (χ3n) is 2.87. The monoisotopic (exact) mass is 250 g/mol. The Morgan fingerprint density at radius 1 is 1.11 bits per heavy atom. The maximum absolute atomic E-state index is 11.9. The van der Waals surface area contributed by atoms with E-state index in [0.29, 0.717) is 24.3 Å². The number of carbonyl (C=O) groups is 2. The minimum atomic E-state index is -0.468. The quantitative estimate of drug-likeness (QED) is 0.311. The molecule has 0 unspecified atom stereocenters. The predicted octanol–water partition coefficient (Wildman–Crippen LogP) is 2.34. The van der Waals surface area contributed by atoms with E-state index >= 15 is 0 Å². The van der Waals surface area contributed by atoms with E-state index in [2.05, 4.69) is 19.7 Å². The Morgan fingerprint density at radius 2 is 1.50 bits per heavy atom. The van der Waals surface area contributed by atoms with E-state index in [1.807, 2.05) is 0 Å². The second-order valence-electron chi connectivity index (χ2n) is 4.44. The van der Waals surface area contributed by atoms with E-state index < -0.39 is 11.8 Å². The zero-order chi connectivity index (χ0) is 14.2. The highest BCUT2D eigenvalue weighted by molar-refractivity contribution is 5.93. The molecule has 0 aromatic rings. The average molecular weight is 250 g/mol. The first kappa shape index (κ1) is 16.3. The average Bonchev–Trinajstić information content (AvgIpc) is 2.28. The van der Waals surface area contributed by atoms with Gasteiger partial charge in [0.05, 0.1) is 0 Å². The largest absolute Gasteiger partial charge is 0.273 e. The van der Waals surface area contributed by atoms with Crippen molar-refractivity contribution in [1.82, 2.24) is 5.01 Å². The number of imide groups is 1. The molecule has 4 nitrogen and oxygen atoms in total. The SMILES string of the molecule is C=CCC(CC=C)(CC=C)CC(=O)N(N)C(C)=O. The smallest absolute Gasteiger partial charge is 0.244 e. The number of nitrogens with zero attached hydrogens (tertiary/aromatic N) is 1. The Kier molecular flexibility index (Phi) is 6.90. The molecule has 2 N–H and O–H groups in total. The van der Waals surface area contributed by atoms with Crippen molar-refractivity contribution < 1.29 is 9.59 Å². The van der Waals surface area contributed by atoms with E-state index in [9.17, 15) is 9.59 Å². The summed E-state index contributed by atoms with van der Waals surface area (Å²) in [5.74, 6) is 4.55. The molecule has 0 aromatic carbocycles. The summed E-state index contributed by atoms with van der Waals surface area (Å²) in [5.41, 5.74) is -0.338. The zero-order valence-electron chi connectivity index (χ0n) is 11.0. The summed E-state index contributed by atoms with van der Waals surface area (Å²) >= 11 is 0. The highest BCUT2D eigenvalue weighted by atomic mass is 16.2. The van der Waals surface area contributed by atoms with Crippen molar-refractivity contribution in [3.63, 3.8) is 0 Å². The van der Waals surface area contributed by atoms with Crippen LogP contribution in [0.3, 0.4) is 0 Å². The lowest BCUT2D eigenvalue weighted by molar-refractivity contribution is -0.145. The van der Waals surface area contributed by atoms with Crippen LogP contribution >= 0.6 is 0 Å². The van der Waals surface area contributed by atoms with Crippen LogP contribution in [0.1, 0.15) is 32.6 Å². The third kappa shape index (κ3) is 4.67. The molecule has 18 heavy (non-hydrogen) atoms. The van der Waals surface area contributed by atoms with Crippen LogP contribution in [0.5, 0.6) is 0 Å². The lowest BCUT2D eigenvalue weighted by atomic mass is 9.75. The fourth-order valence-electron chi connectivity index (χ4n) is 1.97. The van der Waals surface area contributed by atoms with Crippen LogP contribution in [0.15, 0.2) is 38.0 Å². The van der Waals surface area contributed by atoms with Gasteiger partial charge >= 0.3 is 0 Å². The number of carbonyl (C=O) groups excluding carboxylic acids is 2. The molecule has 0 saturated heterocycles. The van der Waals surface area contributed by atoms with Crippen molar-refractivity contribution in [3.05, 3.63) is 38.0 Å². The highest BCUT2D eigenvalue weighted by Gasteiger charge is 2.31. The summed E-state index contributed by atoms with van der Waals surface area (Å²) in [4.78, 5) is 23.0. The van der Waals surface area contributed by atoms with Gasteiger partial charge in [0.15, 0.2) is 0 Å². The molecule has 0 heterocycles. The van der Waals surface area contributed by atoms with Crippen LogP contribution in [-0.4, -0.2) is 16.8 Å². The van der Waals surface area contributed by atoms with Gasteiger partial charge in [0.1, 0.15) is 0 Å². The van der Waals surface area contributed by atoms with Crippen LogP contribution < -0.4 is 5.84 Å². The fourth-order valence-corrected chi connectivity index (χ4v) is 1.97. The first-order valence-corrected chi connectivity index (χ1v) is 5.83. The van der Waals surface area contributed by atoms with Crippen LogP contribution in [0.2, 0.25) is 0 Å². The van der Waals surface area contributed by atoms with Gasteiger partial charge in [-0.1, -0.05) is 18.2 Å². The number of allylic oxidation sites excluding steroid dienone is 3. The maximum atomic E-state index is 11.9. The van der Waals surface area contributed by atoms with Gasteiger partial charge in [-0.2, -0.15) is 0 Å². The predicted molar refractivity (Wildman–Crippen MR) is 73.2 cm³/mol. The Bertz CT molecular complexity index is 321. The molecule has 0 atom stereocenters. The van der Waals surface area contributed by atoms with E-state index in [-0.39, 0.29) is 11.8 Å². The third-order valence-corrected chi connectivity index (χ3v) is 2.87. The molecular weight excluding hydrogens is 228 g/mol. The number of hydrogen-bond donors (Lipinski definition) is 1. The van der Waals surface area contributed by atoms with Crippen molar-refractivity contribution >= 4 is 11.8 Å². The van der Waals surface area contributed by atoms with Gasteiger partial charge in [-0.05, 0) is 24.7 Å². The van der Waals surface area contributed by atoms with Crippen molar-refractivity contribution in [2.45, 2.75) is 32.6 Å². The van der Waals surface area contributed by atoms with Crippen LogP contribution in [0.4, 0.5) is 0 Å². The molecule has 0 aliphatic carbocycles. The van der Waals surface area contributed by atoms with E-state index in [1.165, 1.54) is 6.92 Å². The number of nitrogens with two attached hydrogens (primary N) is 1. The van der Waals surface area contributed by atoms with Crippen molar-refractivity contribution in [1.29, 1.82) is 0 Å². The highest BCUT2D eigenvalue weighted by Crippen LogP contribution is 2.36. The van der Waals surface area contributed by atoms with Gasteiger partial charge in [-0.25, -0.2) is 10.9 Å². The van der Waals surface area contributed by atoms with Crippen LogP contribution in [0.25, 0.3) is 0 Å².